The zero-order valence-electron chi connectivity index (χ0n) is 20.3. The number of thiophene rings is 1. The summed E-state index contributed by atoms with van der Waals surface area (Å²) in [4.78, 5) is 36.8. The minimum absolute atomic E-state index is 0.0117. The summed E-state index contributed by atoms with van der Waals surface area (Å²) in [6, 6.07) is 13.5. The van der Waals surface area contributed by atoms with E-state index in [0.717, 1.165) is 10.4 Å². The molecular weight excluding hydrogens is 468 g/mol. The number of aryl methyl sites for hydroxylation is 1. The molecule has 0 aliphatic heterocycles. The number of nitro groups is 1. The summed E-state index contributed by atoms with van der Waals surface area (Å²) in [6.07, 6.45) is 0. The van der Waals surface area contributed by atoms with Crippen LogP contribution < -0.4 is 10.1 Å². The molecule has 1 amide bonds. The van der Waals surface area contributed by atoms with Gasteiger partial charge in [0.1, 0.15) is 16.3 Å². The Kier molecular flexibility index (Phi) is 7.91. The number of ether oxygens (including phenoxy) is 2. The number of benzene rings is 2. The molecule has 0 atom stereocenters. The molecule has 0 unspecified atom stereocenters. The molecule has 0 saturated heterocycles. The Morgan fingerprint density at radius 1 is 1.06 bits per heavy atom. The van der Waals surface area contributed by atoms with Crippen LogP contribution in [0.5, 0.6) is 5.75 Å². The van der Waals surface area contributed by atoms with Gasteiger partial charge >= 0.3 is 5.97 Å². The molecular formula is C26H28N2O6S. The molecule has 1 heterocycles. The van der Waals surface area contributed by atoms with Crippen LogP contribution in [0.25, 0.3) is 11.1 Å². The number of nitrogens with one attached hydrogen (secondary N) is 1. The van der Waals surface area contributed by atoms with E-state index in [1.54, 1.807) is 19.1 Å². The standard InChI is InChI=1S/C26H28N2O6S/c1-6-33-25(30)23-22(17-7-11-19(12-8-17)28(31)32)16(2)35-24(23)27-21(29)15-34-20-13-9-18(10-14-20)26(3,4)5/h7-14H,6,15H2,1-5H3,(H,27,29). The van der Waals surface area contributed by atoms with Gasteiger partial charge in [-0.3, -0.25) is 14.9 Å². The Labute approximate surface area is 208 Å². The fourth-order valence-corrected chi connectivity index (χ4v) is 4.57. The largest absolute Gasteiger partial charge is 0.484 e. The molecule has 3 rings (SSSR count). The van der Waals surface area contributed by atoms with Gasteiger partial charge in [-0.05, 0) is 54.7 Å². The average molecular weight is 497 g/mol. The number of carbonyl (C=O) groups is 2. The zero-order chi connectivity index (χ0) is 25.8. The number of hydrogen-bond donors (Lipinski definition) is 1. The lowest BCUT2D eigenvalue weighted by molar-refractivity contribution is -0.384. The quantitative estimate of drug-likeness (QED) is 0.229. The summed E-state index contributed by atoms with van der Waals surface area (Å²) in [5.74, 6) is -0.446. The van der Waals surface area contributed by atoms with Crippen LogP contribution in [-0.2, 0) is 14.9 Å². The lowest BCUT2D eigenvalue weighted by atomic mass is 9.87. The van der Waals surface area contributed by atoms with Gasteiger partial charge in [0, 0.05) is 22.6 Å². The second kappa shape index (κ2) is 10.7. The van der Waals surface area contributed by atoms with Crippen molar-refractivity contribution in [1.82, 2.24) is 0 Å². The number of esters is 1. The van der Waals surface area contributed by atoms with Crippen molar-refractivity contribution in [3.05, 3.63) is 74.6 Å². The van der Waals surface area contributed by atoms with E-state index in [1.165, 1.54) is 23.5 Å². The highest BCUT2D eigenvalue weighted by atomic mass is 32.1. The van der Waals surface area contributed by atoms with Crippen LogP contribution in [0.4, 0.5) is 10.7 Å². The van der Waals surface area contributed by atoms with Crippen molar-refractivity contribution in [3.63, 3.8) is 0 Å². The van der Waals surface area contributed by atoms with Crippen LogP contribution in [0.15, 0.2) is 48.5 Å². The minimum atomic E-state index is -0.584. The van der Waals surface area contributed by atoms with E-state index in [4.69, 9.17) is 9.47 Å². The van der Waals surface area contributed by atoms with Crippen LogP contribution in [0, 0.1) is 17.0 Å². The van der Waals surface area contributed by atoms with E-state index in [0.29, 0.717) is 21.9 Å². The van der Waals surface area contributed by atoms with Gasteiger partial charge in [0.05, 0.1) is 11.5 Å². The highest BCUT2D eigenvalue weighted by molar-refractivity contribution is 7.17. The van der Waals surface area contributed by atoms with Crippen LogP contribution in [-0.4, -0.2) is 30.0 Å². The van der Waals surface area contributed by atoms with Gasteiger partial charge < -0.3 is 14.8 Å². The first-order valence-electron chi connectivity index (χ1n) is 11.1. The Morgan fingerprint density at radius 2 is 1.69 bits per heavy atom. The first kappa shape index (κ1) is 25.9. The van der Waals surface area contributed by atoms with Crippen LogP contribution in [0.2, 0.25) is 0 Å². The molecule has 0 fully saturated rings. The van der Waals surface area contributed by atoms with Gasteiger partial charge in [-0.1, -0.05) is 32.9 Å². The SMILES string of the molecule is CCOC(=O)c1c(NC(=O)COc2ccc(C(C)(C)C)cc2)sc(C)c1-c1ccc([N+](=O)[O-])cc1. The van der Waals surface area contributed by atoms with E-state index < -0.39 is 16.8 Å². The van der Waals surface area contributed by atoms with Crippen LogP contribution in [0.1, 0.15) is 48.5 Å². The molecule has 1 aromatic heterocycles. The smallest absolute Gasteiger partial charge is 0.341 e. The third-order valence-corrected chi connectivity index (χ3v) is 6.29. The predicted molar refractivity (Wildman–Crippen MR) is 136 cm³/mol. The van der Waals surface area contributed by atoms with E-state index in [2.05, 4.69) is 26.1 Å². The average Bonchev–Trinajstić information content (AvgIpc) is 3.13. The first-order valence-corrected chi connectivity index (χ1v) is 11.9. The lowest BCUT2D eigenvalue weighted by Crippen LogP contribution is -2.21. The Morgan fingerprint density at radius 3 is 2.23 bits per heavy atom. The normalized spacial score (nSPS) is 11.1. The van der Waals surface area contributed by atoms with Crippen molar-refractivity contribution < 1.29 is 24.0 Å². The highest BCUT2D eigenvalue weighted by Crippen LogP contribution is 2.41. The molecule has 2 aromatic carbocycles. The molecule has 0 bridgehead atoms. The van der Waals surface area contributed by atoms with Gasteiger partial charge in [0.2, 0.25) is 0 Å². The number of rotatable bonds is 8. The topological polar surface area (TPSA) is 108 Å². The number of nitro benzene ring substituents is 1. The molecule has 0 radical (unpaired) electrons. The van der Waals surface area contributed by atoms with E-state index in [-0.39, 0.29) is 29.9 Å². The molecule has 0 saturated carbocycles. The Hall–Kier alpha value is -3.72. The van der Waals surface area contributed by atoms with Crippen LogP contribution in [0.3, 0.4) is 0 Å². The van der Waals surface area contributed by atoms with Gasteiger partial charge in [-0.25, -0.2) is 4.79 Å². The molecule has 0 spiro atoms. The first-order chi connectivity index (χ1) is 16.5. The van der Waals surface area contributed by atoms with Crippen molar-refractivity contribution in [3.8, 4) is 16.9 Å². The predicted octanol–water partition coefficient (Wildman–Crippen LogP) is 6.12. The summed E-state index contributed by atoms with van der Waals surface area (Å²) in [5, 5.41) is 14.1. The van der Waals surface area contributed by atoms with Crippen molar-refractivity contribution in [1.29, 1.82) is 0 Å². The molecule has 3 aromatic rings. The van der Waals surface area contributed by atoms with Crippen molar-refractivity contribution in [2.75, 3.05) is 18.5 Å². The summed E-state index contributed by atoms with van der Waals surface area (Å²) in [5.41, 5.74) is 2.51. The Balaban J connectivity index is 1.82. The lowest BCUT2D eigenvalue weighted by Gasteiger charge is -2.19. The van der Waals surface area contributed by atoms with Gasteiger partial charge in [0.15, 0.2) is 6.61 Å². The molecule has 8 nitrogen and oxygen atoms in total. The van der Waals surface area contributed by atoms with E-state index >= 15 is 0 Å². The third-order valence-electron chi connectivity index (χ3n) is 5.27. The van der Waals surface area contributed by atoms with Crippen molar-refractivity contribution in [2.45, 2.75) is 40.0 Å². The summed E-state index contributed by atoms with van der Waals surface area (Å²) < 4.78 is 10.9. The molecule has 35 heavy (non-hydrogen) atoms. The molecule has 0 aliphatic rings. The van der Waals surface area contributed by atoms with Crippen LogP contribution >= 0.6 is 11.3 Å². The molecule has 0 aliphatic carbocycles. The summed E-state index contributed by atoms with van der Waals surface area (Å²) >= 11 is 1.23. The maximum Gasteiger partial charge on any atom is 0.341 e. The number of hydrogen-bond acceptors (Lipinski definition) is 7. The molecule has 1 N–H and O–H groups in total. The monoisotopic (exact) mass is 496 g/mol. The summed E-state index contributed by atoms with van der Waals surface area (Å²) in [6.45, 7) is 9.78. The summed E-state index contributed by atoms with van der Waals surface area (Å²) in [7, 11) is 0. The van der Waals surface area contributed by atoms with Crippen molar-refractivity contribution >= 4 is 33.9 Å². The van der Waals surface area contributed by atoms with Crippen molar-refractivity contribution in [2.24, 2.45) is 0 Å². The number of carbonyl (C=O) groups excluding carboxylic acids is 2. The van der Waals surface area contributed by atoms with Gasteiger partial charge in [-0.2, -0.15) is 0 Å². The van der Waals surface area contributed by atoms with E-state index in [9.17, 15) is 19.7 Å². The molecule has 9 heteroatoms. The zero-order valence-corrected chi connectivity index (χ0v) is 21.2. The molecule has 184 valence electrons. The maximum absolute atomic E-state index is 12.8. The fraction of sp³-hybridized carbons (Fsp3) is 0.308. The fourth-order valence-electron chi connectivity index (χ4n) is 3.49. The number of anilines is 1. The third kappa shape index (κ3) is 6.24. The highest BCUT2D eigenvalue weighted by Gasteiger charge is 2.26. The Bertz CT molecular complexity index is 1220. The van der Waals surface area contributed by atoms with E-state index in [1.807, 2.05) is 31.2 Å². The second-order valence-electron chi connectivity index (χ2n) is 8.87. The minimum Gasteiger partial charge on any atom is -0.484 e. The maximum atomic E-state index is 12.8. The van der Waals surface area contributed by atoms with Gasteiger partial charge in [0.25, 0.3) is 11.6 Å². The van der Waals surface area contributed by atoms with Gasteiger partial charge in [-0.15, -0.1) is 11.3 Å². The number of amides is 1. The number of nitrogens with zero attached hydrogens (tertiary/aromatic N) is 1. The number of non-ortho nitro benzene ring substituents is 1. The second-order valence-corrected chi connectivity index (χ2v) is 10.1.